The zero-order valence-corrected chi connectivity index (χ0v) is 19.0. The number of urea groups is 1. The van der Waals surface area contributed by atoms with E-state index in [9.17, 15) is 14.4 Å². The molecule has 0 radical (unpaired) electrons. The highest BCUT2D eigenvalue weighted by Gasteiger charge is 2.37. The van der Waals surface area contributed by atoms with Gasteiger partial charge in [-0.2, -0.15) is 0 Å². The molecule has 7 nitrogen and oxygen atoms in total. The number of methoxy groups -OCH3 is 1. The predicted octanol–water partition coefficient (Wildman–Crippen LogP) is 4.65. The summed E-state index contributed by atoms with van der Waals surface area (Å²) in [4.78, 5) is 38.9. The molecule has 0 aromatic heterocycles. The maximum atomic E-state index is 13.1. The number of rotatable bonds is 6. The van der Waals surface area contributed by atoms with Crippen molar-refractivity contribution in [2.75, 3.05) is 18.6 Å². The molecular weight excluding hydrogens is 488 g/mol. The minimum Gasteiger partial charge on any atom is -0.493 e. The van der Waals surface area contributed by atoms with E-state index in [4.69, 9.17) is 21.1 Å². The SMILES string of the molecule is C=CCOc1c(Br)cc(/C=C2\C(=O)NC(=O)N(c3cccc(Cl)c3C)C2=O)cc1OC. The van der Waals surface area contributed by atoms with Crippen LogP contribution in [0.5, 0.6) is 11.5 Å². The van der Waals surface area contributed by atoms with Crippen LogP contribution < -0.4 is 19.7 Å². The summed E-state index contributed by atoms with van der Waals surface area (Å²) in [5, 5.41) is 2.59. The van der Waals surface area contributed by atoms with Crippen LogP contribution in [0.2, 0.25) is 5.02 Å². The Morgan fingerprint density at radius 1 is 1.26 bits per heavy atom. The Balaban J connectivity index is 2.05. The minimum absolute atomic E-state index is 0.215. The number of hydrogen-bond donors (Lipinski definition) is 1. The van der Waals surface area contributed by atoms with Crippen LogP contribution in [-0.4, -0.2) is 31.6 Å². The van der Waals surface area contributed by atoms with Gasteiger partial charge in [0.15, 0.2) is 11.5 Å². The molecule has 1 saturated heterocycles. The highest BCUT2D eigenvalue weighted by molar-refractivity contribution is 9.10. The third-order valence-corrected chi connectivity index (χ3v) is 5.49. The van der Waals surface area contributed by atoms with Crippen molar-refractivity contribution in [3.05, 3.63) is 69.2 Å². The molecular formula is C22H18BrClN2O5. The van der Waals surface area contributed by atoms with Gasteiger partial charge in [0.1, 0.15) is 12.2 Å². The standard InChI is InChI=1S/C22H18BrClN2O5/c1-4-8-31-19-15(23)10-13(11-18(19)30-3)9-14-20(27)25-22(29)26(21(14)28)17-7-5-6-16(24)12(17)2/h4-7,9-11H,1,8H2,2-3H3,(H,25,27,29)/b14-9+. The molecule has 1 aliphatic heterocycles. The highest BCUT2D eigenvalue weighted by Crippen LogP contribution is 2.37. The van der Waals surface area contributed by atoms with E-state index in [1.165, 1.54) is 13.2 Å². The van der Waals surface area contributed by atoms with Crippen molar-refractivity contribution < 1.29 is 23.9 Å². The number of hydrogen-bond acceptors (Lipinski definition) is 5. The zero-order chi connectivity index (χ0) is 22.7. The van der Waals surface area contributed by atoms with Crippen molar-refractivity contribution in [2.45, 2.75) is 6.92 Å². The van der Waals surface area contributed by atoms with Crippen LogP contribution in [0, 0.1) is 6.92 Å². The number of ether oxygens (including phenoxy) is 2. The molecule has 1 heterocycles. The molecule has 1 fully saturated rings. The molecule has 160 valence electrons. The van der Waals surface area contributed by atoms with Crippen molar-refractivity contribution in [3.8, 4) is 11.5 Å². The van der Waals surface area contributed by atoms with Crippen LogP contribution in [0.25, 0.3) is 6.08 Å². The van der Waals surface area contributed by atoms with Crippen molar-refractivity contribution in [2.24, 2.45) is 0 Å². The molecule has 0 aliphatic carbocycles. The van der Waals surface area contributed by atoms with Gasteiger partial charge in [0.25, 0.3) is 11.8 Å². The van der Waals surface area contributed by atoms with Gasteiger partial charge in [-0.15, -0.1) is 0 Å². The molecule has 0 spiro atoms. The van der Waals surface area contributed by atoms with Crippen molar-refractivity contribution >= 4 is 57.1 Å². The van der Waals surface area contributed by atoms with Gasteiger partial charge in [0.05, 0.1) is 17.3 Å². The lowest BCUT2D eigenvalue weighted by atomic mass is 10.1. The molecule has 0 saturated carbocycles. The number of anilines is 1. The average Bonchev–Trinajstić information content (AvgIpc) is 2.73. The minimum atomic E-state index is -0.843. The topological polar surface area (TPSA) is 84.9 Å². The summed E-state index contributed by atoms with van der Waals surface area (Å²) in [7, 11) is 1.47. The Labute approximate surface area is 192 Å². The lowest BCUT2D eigenvalue weighted by Crippen LogP contribution is -2.54. The third-order valence-electron chi connectivity index (χ3n) is 4.49. The molecule has 1 N–H and O–H groups in total. The first-order chi connectivity index (χ1) is 14.8. The summed E-state index contributed by atoms with van der Waals surface area (Å²) in [6.07, 6.45) is 2.97. The summed E-state index contributed by atoms with van der Waals surface area (Å²) in [6, 6.07) is 7.28. The van der Waals surface area contributed by atoms with Crippen molar-refractivity contribution in [1.29, 1.82) is 0 Å². The van der Waals surface area contributed by atoms with Gasteiger partial charge in [0.2, 0.25) is 0 Å². The lowest BCUT2D eigenvalue weighted by molar-refractivity contribution is -0.122. The molecule has 4 amide bonds. The van der Waals surface area contributed by atoms with Crippen molar-refractivity contribution in [3.63, 3.8) is 0 Å². The van der Waals surface area contributed by atoms with E-state index in [0.29, 0.717) is 37.8 Å². The quantitative estimate of drug-likeness (QED) is 0.351. The maximum Gasteiger partial charge on any atom is 0.335 e. The molecule has 2 aromatic carbocycles. The Kier molecular flexibility index (Phi) is 6.82. The van der Waals surface area contributed by atoms with Gasteiger partial charge in [0, 0.05) is 5.02 Å². The van der Waals surface area contributed by atoms with Gasteiger partial charge in [-0.1, -0.05) is 30.3 Å². The molecule has 9 heteroatoms. The van der Waals surface area contributed by atoms with Gasteiger partial charge in [-0.3, -0.25) is 14.9 Å². The van der Waals surface area contributed by atoms with Gasteiger partial charge in [-0.25, -0.2) is 9.69 Å². The summed E-state index contributed by atoms with van der Waals surface area (Å²) < 4.78 is 11.5. The normalized spacial score (nSPS) is 15.2. The maximum absolute atomic E-state index is 13.1. The lowest BCUT2D eigenvalue weighted by Gasteiger charge is -2.27. The van der Waals surface area contributed by atoms with Gasteiger partial charge < -0.3 is 9.47 Å². The molecule has 3 rings (SSSR count). The van der Waals surface area contributed by atoms with Crippen LogP contribution in [0.1, 0.15) is 11.1 Å². The number of halogens is 2. The second kappa shape index (κ2) is 9.36. The molecule has 31 heavy (non-hydrogen) atoms. The highest BCUT2D eigenvalue weighted by atomic mass is 79.9. The number of amides is 4. The Hall–Kier alpha value is -3.10. The van der Waals surface area contributed by atoms with E-state index < -0.39 is 17.8 Å². The van der Waals surface area contributed by atoms with E-state index in [-0.39, 0.29) is 12.2 Å². The molecule has 2 aromatic rings. The predicted molar refractivity (Wildman–Crippen MR) is 122 cm³/mol. The van der Waals surface area contributed by atoms with E-state index in [0.717, 1.165) is 4.90 Å². The number of nitrogens with zero attached hydrogens (tertiary/aromatic N) is 1. The zero-order valence-electron chi connectivity index (χ0n) is 16.7. The number of imide groups is 2. The van der Waals surface area contributed by atoms with Crippen LogP contribution in [0.3, 0.4) is 0 Å². The Morgan fingerprint density at radius 3 is 2.68 bits per heavy atom. The van der Waals surface area contributed by atoms with Gasteiger partial charge >= 0.3 is 6.03 Å². The fourth-order valence-electron chi connectivity index (χ4n) is 2.99. The molecule has 1 aliphatic rings. The summed E-state index contributed by atoms with van der Waals surface area (Å²) in [5.74, 6) is -0.713. The second-order valence-corrected chi connectivity index (χ2v) is 7.74. The van der Waals surface area contributed by atoms with Crippen LogP contribution >= 0.6 is 27.5 Å². The number of benzene rings is 2. The van der Waals surface area contributed by atoms with Crippen LogP contribution in [0.4, 0.5) is 10.5 Å². The van der Waals surface area contributed by atoms with Gasteiger partial charge in [-0.05, 0) is 64.3 Å². The molecule has 0 unspecified atom stereocenters. The first kappa shape index (κ1) is 22.6. The number of nitrogens with one attached hydrogen (secondary N) is 1. The van der Waals surface area contributed by atoms with E-state index in [1.807, 2.05) is 0 Å². The number of carbonyl (C=O) groups is 3. The number of carbonyl (C=O) groups excluding carboxylic acids is 3. The summed E-state index contributed by atoms with van der Waals surface area (Å²) in [5.41, 5.74) is 1.10. The van der Waals surface area contributed by atoms with E-state index in [1.54, 1.807) is 43.3 Å². The Morgan fingerprint density at radius 2 is 2.00 bits per heavy atom. The van der Waals surface area contributed by atoms with E-state index in [2.05, 4.69) is 27.8 Å². The summed E-state index contributed by atoms with van der Waals surface area (Å²) >= 11 is 9.54. The fraction of sp³-hybridized carbons (Fsp3) is 0.136. The van der Waals surface area contributed by atoms with Crippen LogP contribution in [-0.2, 0) is 9.59 Å². The molecule has 0 bridgehead atoms. The second-order valence-electron chi connectivity index (χ2n) is 6.48. The smallest absolute Gasteiger partial charge is 0.335 e. The first-order valence-corrected chi connectivity index (χ1v) is 10.2. The van der Waals surface area contributed by atoms with Crippen LogP contribution in [0.15, 0.2) is 53.0 Å². The third kappa shape index (κ3) is 4.50. The molecule has 0 atom stereocenters. The first-order valence-electron chi connectivity index (χ1n) is 9.06. The van der Waals surface area contributed by atoms with E-state index >= 15 is 0 Å². The average molecular weight is 506 g/mol. The summed E-state index contributed by atoms with van der Waals surface area (Å²) in [6.45, 7) is 5.56. The Bertz CT molecular complexity index is 1130. The fourth-order valence-corrected chi connectivity index (χ4v) is 3.73. The monoisotopic (exact) mass is 504 g/mol. The number of barbiturate groups is 1. The van der Waals surface area contributed by atoms with Crippen molar-refractivity contribution in [1.82, 2.24) is 5.32 Å². The largest absolute Gasteiger partial charge is 0.493 e.